The van der Waals surface area contributed by atoms with Gasteiger partial charge < -0.3 is 0 Å². The predicted molar refractivity (Wildman–Crippen MR) is 120 cm³/mol. The van der Waals surface area contributed by atoms with Crippen molar-refractivity contribution in [3.63, 3.8) is 0 Å². The fraction of sp³-hybridized carbons (Fsp3) is 0.750. The summed E-state index contributed by atoms with van der Waals surface area (Å²) in [7, 11) is 0. The second kappa shape index (κ2) is 10.6. The van der Waals surface area contributed by atoms with Crippen LogP contribution in [0.1, 0.15) is 85.5 Å². The normalized spacial score (nSPS) is 27.3. The van der Waals surface area contributed by atoms with E-state index in [1.807, 2.05) is 0 Å². The van der Waals surface area contributed by atoms with E-state index in [1.165, 1.54) is 57.4 Å². The molecule has 0 aliphatic heterocycles. The Labute approximate surface area is 171 Å². The minimum atomic E-state index is -2.29. The summed E-state index contributed by atoms with van der Waals surface area (Å²) >= 11 is -2.29. The first-order valence-electron chi connectivity index (χ1n) is 11.5. The van der Waals surface area contributed by atoms with E-state index in [0.717, 1.165) is 24.0 Å². The molecule has 154 valence electrons. The monoisotopic (exact) mass is 482 g/mol. The second-order valence-corrected chi connectivity index (χ2v) is 21.9. The van der Waals surface area contributed by atoms with Crippen LogP contribution < -0.4 is 0 Å². The molecule has 0 aromatic carbocycles. The van der Waals surface area contributed by atoms with Crippen LogP contribution in [-0.4, -0.2) is 40.3 Å². The van der Waals surface area contributed by atoms with Gasteiger partial charge in [0.1, 0.15) is 0 Å². The zero-order valence-corrected chi connectivity index (χ0v) is 21.0. The van der Waals surface area contributed by atoms with E-state index in [9.17, 15) is 10.2 Å². The van der Waals surface area contributed by atoms with E-state index in [-0.39, 0.29) is 0 Å². The molecule has 0 bridgehead atoms. The number of allylic oxidation sites excluding steroid dienone is 3. The molecule has 2 nitrogen and oxygen atoms in total. The Hall–Kier alpha value is -0.0613. The maximum atomic E-state index is 10.7. The molecular weight excluding hydrogens is 439 g/mol. The van der Waals surface area contributed by atoms with Gasteiger partial charge in [-0.25, -0.2) is 0 Å². The molecule has 0 unspecified atom stereocenters. The minimum absolute atomic E-state index is 0.694. The van der Waals surface area contributed by atoms with Gasteiger partial charge in [0.15, 0.2) is 0 Å². The van der Waals surface area contributed by atoms with Crippen molar-refractivity contribution in [3.05, 3.63) is 33.0 Å². The molecule has 0 aromatic rings. The first kappa shape index (κ1) is 23.2. The van der Waals surface area contributed by atoms with Crippen molar-refractivity contribution < 1.29 is 10.2 Å². The maximum absolute atomic E-state index is 10.7. The van der Waals surface area contributed by atoms with Gasteiger partial charge in [-0.15, -0.1) is 0 Å². The number of hydrogen-bond acceptors (Lipinski definition) is 2. The Morgan fingerprint density at radius 2 is 1.67 bits per heavy atom. The Bertz CT molecular complexity index is 553. The van der Waals surface area contributed by atoms with Crippen molar-refractivity contribution in [1.82, 2.24) is 0 Å². The number of hydrogen-bond donors (Lipinski definition) is 2. The van der Waals surface area contributed by atoms with E-state index in [1.54, 1.807) is 0 Å². The van der Waals surface area contributed by atoms with E-state index in [2.05, 4.69) is 43.9 Å². The molecule has 2 rings (SSSR count). The van der Waals surface area contributed by atoms with E-state index in [4.69, 9.17) is 0 Å². The average molecular weight is 481 g/mol. The molecule has 0 spiro atoms. The van der Waals surface area contributed by atoms with Gasteiger partial charge in [0.25, 0.3) is 0 Å². The standard InChI is InChI=1S/C12H15O2.3C4H9.Sn/c1-3-8(2)10-9-6-4-5-7-12(9,14)11(10)13;3*1-3-4-2;/h1,3,6,11,13-14H,4-5,7H2,2H3;3*1,3-4H2,2H3;/b3-1?,10-8+;;;;/t11-,12+;;;;/m0..../s1. The molecule has 0 radical (unpaired) electrons. The third kappa shape index (κ3) is 5.30. The molecule has 2 aliphatic rings. The quantitative estimate of drug-likeness (QED) is 0.333. The van der Waals surface area contributed by atoms with E-state index in [0.29, 0.717) is 6.42 Å². The van der Waals surface area contributed by atoms with Crippen LogP contribution in [0.5, 0.6) is 0 Å². The topological polar surface area (TPSA) is 40.5 Å². The van der Waals surface area contributed by atoms with Crippen LogP contribution in [0, 0.1) is 0 Å². The van der Waals surface area contributed by atoms with E-state index < -0.39 is 30.1 Å². The summed E-state index contributed by atoms with van der Waals surface area (Å²) in [6.07, 6.45) is 14.5. The summed E-state index contributed by atoms with van der Waals surface area (Å²) in [4.78, 5) is 0. The molecule has 1 fully saturated rings. The Morgan fingerprint density at radius 1 is 1.11 bits per heavy atom. The molecule has 0 amide bonds. The molecule has 2 aliphatic carbocycles. The summed E-state index contributed by atoms with van der Waals surface area (Å²) in [5.74, 6) is 0. The Kier molecular flexibility index (Phi) is 9.15. The van der Waals surface area contributed by atoms with Crippen molar-refractivity contribution in [1.29, 1.82) is 0 Å². The summed E-state index contributed by atoms with van der Waals surface area (Å²) in [5, 5.41) is 21.4. The van der Waals surface area contributed by atoms with Gasteiger partial charge in [0.2, 0.25) is 0 Å². The first-order chi connectivity index (χ1) is 12.9. The van der Waals surface area contributed by atoms with Crippen molar-refractivity contribution in [2.45, 2.75) is 110 Å². The summed E-state index contributed by atoms with van der Waals surface area (Å²) in [6.45, 7) is 9.08. The fourth-order valence-electron chi connectivity index (χ4n) is 4.90. The van der Waals surface area contributed by atoms with Crippen LogP contribution in [0.15, 0.2) is 33.0 Å². The molecule has 27 heavy (non-hydrogen) atoms. The average Bonchev–Trinajstić information content (AvgIpc) is 2.68. The molecule has 1 saturated carbocycles. The molecular formula is C24H42O2Sn. The summed E-state index contributed by atoms with van der Waals surface area (Å²) in [6, 6.07) is 0. The number of rotatable bonds is 11. The third-order valence-corrected chi connectivity index (χ3v) is 20.8. The van der Waals surface area contributed by atoms with Gasteiger partial charge >= 0.3 is 172 Å². The fourth-order valence-corrected chi connectivity index (χ4v) is 19.2. The number of unbranched alkanes of at least 4 members (excludes halogenated alkanes) is 3. The molecule has 0 heterocycles. The third-order valence-electron chi connectivity index (χ3n) is 6.79. The summed E-state index contributed by atoms with van der Waals surface area (Å²) in [5.41, 5.74) is 2.25. The van der Waals surface area contributed by atoms with Gasteiger partial charge in [0.05, 0.1) is 0 Å². The van der Waals surface area contributed by atoms with Gasteiger partial charge in [-0.3, -0.25) is 0 Å². The van der Waals surface area contributed by atoms with Gasteiger partial charge in [-0.2, -0.15) is 0 Å². The van der Waals surface area contributed by atoms with Gasteiger partial charge in [-0.1, -0.05) is 0 Å². The van der Waals surface area contributed by atoms with Crippen LogP contribution >= 0.6 is 0 Å². The zero-order chi connectivity index (χ0) is 19.9. The molecule has 2 atom stereocenters. The SMILES string of the molecule is CCC[CH2][Sn](/[CH]=C/C(C)=C1\C2=CCCC[C@]2(O)[C@H]1O)([CH2]CCC)[CH2]CCC. The first-order valence-corrected chi connectivity index (χ1v) is 19.2. The van der Waals surface area contributed by atoms with Crippen molar-refractivity contribution in [2.75, 3.05) is 0 Å². The summed E-state index contributed by atoms with van der Waals surface area (Å²) < 4.78 is 7.09. The van der Waals surface area contributed by atoms with Crippen LogP contribution in [0.2, 0.25) is 13.3 Å². The van der Waals surface area contributed by atoms with Crippen LogP contribution in [0.3, 0.4) is 0 Å². The molecule has 3 heteroatoms. The number of fused-ring (bicyclic) bond motifs is 1. The molecule has 2 N–H and O–H groups in total. The second-order valence-electron chi connectivity index (χ2n) is 8.94. The Morgan fingerprint density at radius 3 is 2.19 bits per heavy atom. The van der Waals surface area contributed by atoms with Gasteiger partial charge in [0, 0.05) is 0 Å². The van der Waals surface area contributed by atoms with E-state index >= 15 is 0 Å². The van der Waals surface area contributed by atoms with Crippen molar-refractivity contribution >= 4 is 18.4 Å². The predicted octanol–water partition coefficient (Wildman–Crippen LogP) is 6.46. The van der Waals surface area contributed by atoms with Crippen LogP contribution in [0.4, 0.5) is 0 Å². The number of aliphatic hydroxyl groups is 2. The zero-order valence-electron chi connectivity index (χ0n) is 18.2. The number of aliphatic hydroxyl groups excluding tert-OH is 1. The van der Waals surface area contributed by atoms with Crippen molar-refractivity contribution in [2.24, 2.45) is 0 Å². The Balaban J connectivity index is 2.26. The molecule has 0 aromatic heterocycles. The van der Waals surface area contributed by atoms with Crippen molar-refractivity contribution in [3.8, 4) is 0 Å². The van der Waals surface area contributed by atoms with Crippen LogP contribution in [-0.2, 0) is 0 Å². The molecule has 0 saturated heterocycles. The van der Waals surface area contributed by atoms with Crippen LogP contribution in [0.25, 0.3) is 0 Å². The van der Waals surface area contributed by atoms with Gasteiger partial charge in [-0.05, 0) is 0 Å².